The SMILES string of the molecule is CC.COc1cc(NC(C(=O)N2CCc3cc(OC)c(C(F)(F)F)cc32)c2ccc(Cl)cc2)cc(OCCC(C)C(=O)O)c1. The van der Waals surface area contributed by atoms with E-state index in [4.69, 9.17) is 30.9 Å². The van der Waals surface area contributed by atoms with Crippen molar-refractivity contribution < 1.29 is 42.1 Å². The molecule has 0 spiro atoms. The molecule has 1 aliphatic heterocycles. The van der Waals surface area contributed by atoms with E-state index in [1.807, 2.05) is 13.8 Å². The van der Waals surface area contributed by atoms with Crippen molar-refractivity contribution >= 4 is 34.9 Å². The fourth-order valence-corrected chi connectivity index (χ4v) is 4.76. The van der Waals surface area contributed by atoms with Gasteiger partial charge in [0.1, 0.15) is 23.3 Å². The van der Waals surface area contributed by atoms with Crippen molar-refractivity contribution in [2.24, 2.45) is 5.92 Å². The van der Waals surface area contributed by atoms with E-state index in [0.717, 1.165) is 6.07 Å². The van der Waals surface area contributed by atoms with Gasteiger partial charge in [0, 0.05) is 41.1 Å². The first-order valence-corrected chi connectivity index (χ1v) is 14.4. The fourth-order valence-electron chi connectivity index (χ4n) is 4.63. The lowest BCUT2D eigenvalue weighted by atomic mass is 10.0. The standard InChI is InChI=1S/C30H30ClF3N2O6.C2H6/c1-17(29(38)39)9-11-42-23-14-21(13-22(15-23)40-2)35-27(18-4-6-20(31)7-5-18)28(37)36-10-8-19-12-26(41-3)24(16-25(19)36)30(32,33)34;1-2/h4-7,12-17,27,35H,8-11H2,1-3H3,(H,38,39);1-2H3. The average Bonchev–Trinajstić information content (AvgIpc) is 3.42. The Labute approximate surface area is 259 Å². The van der Waals surface area contributed by atoms with E-state index in [9.17, 15) is 22.8 Å². The van der Waals surface area contributed by atoms with Gasteiger partial charge in [0.25, 0.3) is 5.91 Å². The first-order valence-electron chi connectivity index (χ1n) is 14.1. The summed E-state index contributed by atoms with van der Waals surface area (Å²) in [6, 6.07) is 12.7. The summed E-state index contributed by atoms with van der Waals surface area (Å²) in [6.45, 7) is 5.89. The maximum Gasteiger partial charge on any atom is 0.420 e. The summed E-state index contributed by atoms with van der Waals surface area (Å²) in [7, 11) is 2.64. The number of hydrogen-bond donors (Lipinski definition) is 2. The first-order chi connectivity index (χ1) is 20.9. The maximum atomic E-state index is 14.1. The molecule has 0 radical (unpaired) electrons. The summed E-state index contributed by atoms with van der Waals surface area (Å²) < 4.78 is 57.6. The molecule has 4 rings (SSSR count). The highest BCUT2D eigenvalue weighted by Crippen LogP contribution is 2.43. The lowest BCUT2D eigenvalue weighted by Gasteiger charge is -2.27. The molecule has 3 aromatic carbocycles. The van der Waals surface area contributed by atoms with Crippen molar-refractivity contribution in [3.05, 3.63) is 76.3 Å². The molecule has 3 aromatic rings. The van der Waals surface area contributed by atoms with Crippen LogP contribution in [-0.2, 0) is 22.2 Å². The van der Waals surface area contributed by atoms with E-state index in [-0.39, 0.29) is 31.0 Å². The summed E-state index contributed by atoms with van der Waals surface area (Å²) >= 11 is 6.09. The van der Waals surface area contributed by atoms with E-state index in [1.165, 1.54) is 25.2 Å². The number of anilines is 2. The number of methoxy groups -OCH3 is 2. The number of hydrogen-bond acceptors (Lipinski definition) is 6. The van der Waals surface area contributed by atoms with Gasteiger partial charge in [0.15, 0.2) is 0 Å². The van der Waals surface area contributed by atoms with Gasteiger partial charge in [-0.2, -0.15) is 13.2 Å². The molecule has 238 valence electrons. The lowest BCUT2D eigenvalue weighted by Crippen LogP contribution is -2.37. The minimum Gasteiger partial charge on any atom is -0.497 e. The molecule has 2 N–H and O–H groups in total. The van der Waals surface area contributed by atoms with Crippen LogP contribution >= 0.6 is 11.6 Å². The van der Waals surface area contributed by atoms with Gasteiger partial charge < -0.3 is 29.5 Å². The number of benzene rings is 3. The molecule has 2 atom stereocenters. The first kappa shape index (κ1) is 34.4. The number of ether oxygens (including phenoxy) is 3. The van der Waals surface area contributed by atoms with Gasteiger partial charge in [0.05, 0.1) is 32.3 Å². The molecule has 1 amide bonds. The van der Waals surface area contributed by atoms with Gasteiger partial charge in [-0.05, 0) is 48.2 Å². The molecule has 0 fully saturated rings. The number of fused-ring (bicyclic) bond motifs is 1. The summed E-state index contributed by atoms with van der Waals surface area (Å²) in [5.41, 5.74) is 0.732. The van der Waals surface area contributed by atoms with Crippen LogP contribution in [0.5, 0.6) is 17.2 Å². The van der Waals surface area contributed by atoms with Crippen molar-refractivity contribution in [2.45, 2.75) is 45.8 Å². The highest BCUT2D eigenvalue weighted by Gasteiger charge is 2.39. The summed E-state index contributed by atoms with van der Waals surface area (Å²) in [6.07, 6.45) is -4.04. The number of aliphatic carboxylic acids is 1. The average molecular weight is 637 g/mol. The third kappa shape index (κ3) is 8.28. The topological polar surface area (TPSA) is 97.3 Å². The number of nitrogens with one attached hydrogen (secondary N) is 1. The zero-order valence-electron chi connectivity index (χ0n) is 25.1. The van der Waals surface area contributed by atoms with Crippen molar-refractivity contribution in [1.82, 2.24) is 0 Å². The number of carbonyl (C=O) groups is 2. The van der Waals surface area contributed by atoms with Crippen LogP contribution in [-0.4, -0.2) is 44.4 Å². The molecule has 0 aromatic heterocycles. The number of carbonyl (C=O) groups excluding carboxylic acids is 1. The Bertz CT molecular complexity index is 1450. The monoisotopic (exact) mass is 636 g/mol. The van der Waals surface area contributed by atoms with Crippen LogP contribution in [0.3, 0.4) is 0 Å². The van der Waals surface area contributed by atoms with Crippen LogP contribution in [0.25, 0.3) is 0 Å². The van der Waals surface area contributed by atoms with Crippen molar-refractivity contribution in [1.29, 1.82) is 0 Å². The Kier molecular flexibility index (Phi) is 11.8. The predicted molar refractivity (Wildman–Crippen MR) is 163 cm³/mol. The second-order valence-electron chi connectivity index (χ2n) is 9.82. The third-order valence-electron chi connectivity index (χ3n) is 6.99. The second-order valence-corrected chi connectivity index (χ2v) is 10.3. The molecule has 12 heteroatoms. The molecule has 0 saturated carbocycles. The van der Waals surface area contributed by atoms with Gasteiger partial charge in [-0.15, -0.1) is 0 Å². The van der Waals surface area contributed by atoms with E-state index in [1.54, 1.807) is 49.4 Å². The number of carboxylic acid groups (broad SMARTS) is 1. The zero-order valence-corrected chi connectivity index (χ0v) is 25.9. The van der Waals surface area contributed by atoms with Crippen LogP contribution in [0.2, 0.25) is 5.02 Å². The Morgan fingerprint density at radius 1 is 1.02 bits per heavy atom. The minimum absolute atomic E-state index is 0.134. The fraction of sp³-hybridized carbons (Fsp3) is 0.375. The number of nitrogens with zero attached hydrogens (tertiary/aromatic N) is 1. The number of amides is 1. The molecule has 0 aliphatic carbocycles. The van der Waals surface area contributed by atoms with Crippen LogP contribution < -0.4 is 24.4 Å². The number of carboxylic acids is 1. The Morgan fingerprint density at radius 2 is 1.68 bits per heavy atom. The van der Waals surface area contributed by atoms with Crippen LogP contribution in [0, 0.1) is 5.92 Å². The molecule has 1 aliphatic rings. The summed E-state index contributed by atoms with van der Waals surface area (Å²) in [5, 5.41) is 12.8. The quantitative estimate of drug-likeness (QED) is 0.223. The smallest absolute Gasteiger partial charge is 0.420 e. The van der Waals surface area contributed by atoms with Crippen molar-refractivity contribution in [3.8, 4) is 17.2 Å². The highest BCUT2D eigenvalue weighted by molar-refractivity contribution is 6.30. The van der Waals surface area contributed by atoms with Gasteiger partial charge >= 0.3 is 12.1 Å². The normalized spacial score (nSPS) is 13.6. The van der Waals surface area contributed by atoms with E-state index < -0.39 is 35.6 Å². The van der Waals surface area contributed by atoms with Gasteiger partial charge in [-0.3, -0.25) is 9.59 Å². The maximum absolute atomic E-state index is 14.1. The van der Waals surface area contributed by atoms with Gasteiger partial charge in [0.2, 0.25) is 0 Å². The van der Waals surface area contributed by atoms with Gasteiger partial charge in [-0.25, -0.2) is 0 Å². The largest absolute Gasteiger partial charge is 0.497 e. The van der Waals surface area contributed by atoms with Gasteiger partial charge in [-0.1, -0.05) is 44.5 Å². The van der Waals surface area contributed by atoms with Crippen LogP contribution in [0.4, 0.5) is 24.5 Å². The minimum atomic E-state index is -4.68. The Balaban J connectivity index is 0.00000259. The number of halogens is 4. The Hall–Kier alpha value is -4.12. The summed E-state index contributed by atoms with van der Waals surface area (Å²) in [4.78, 5) is 26.5. The number of rotatable bonds is 11. The number of alkyl halides is 3. The molecule has 0 bridgehead atoms. The van der Waals surface area contributed by atoms with E-state index in [0.29, 0.717) is 39.8 Å². The molecular formula is C32H36ClF3N2O6. The molecule has 2 unspecified atom stereocenters. The molecule has 1 heterocycles. The molecule has 8 nitrogen and oxygen atoms in total. The molecule has 0 saturated heterocycles. The third-order valence-corrected chi connectivity index (χ3v) is 7.24. The van der Waals surface area contributed by atoms with Crippen molar-refractivity contribution in [2.75, 3.05) is 37.6 Å². The highest BCUT2D eigenvalue weighted by atomic mass is 35.5. The zero-order chi connectivity index (χ0) is 32.6. The summed E-state index contributed by atoms with van der Waals surface area (Å²) in [5.74, 6) is -1.51. The molecule has 44 heavy (non-hydrogen) atoms. The Morgan fingerprint density at radius 3 is 2.27 bits per heavy atom. The van der Waals surface area contributed by atoms with Crippen molar-refractivity contribution in [3.63, 3.8) is 0 Å². The predicted octanol–water partition coefficient (Wildman–Crippen LogP) is 7.63. The lowest BCUT2D eigenvalue weighted by molar-refractivity contribution is -0.141. The molecular weight excluding hydrogens is 601 g/mol. The van der Waals surface area contributed by atoms with E-state index in [2.05, 4.69) is 5.32 Å². The second kappa shape index (κ2) is 15.1. The van der Waals surface area contributed by atoms with Crippen LogP contribution in [0.15, 0.2) is 54.6 Å². The van der Waals surface area contributed by atoms with Crippen LogP contribution in [0.1, 0.15) is 49.9 Å². The van der Waals surface area contributed by atoms with E-state index >= 15 is 0 Å².